The smallest absolute Gasteiger partial charge is 0.295 e. The quantitative estimate of drug-likeness (QED) is 0.663. The van der Waals surface area contributed by atoms with E-state index in [1.807, 2.05) is 13.0 Å². The van der Waals surface area contributed by atoms with Crippen LogP contribution < -0.4 is 5.32 Å². The summed E-state index contributed by atoms with van der Waals surface area (Å²) in [6.45, 7) is 4.76. The third-order valence-corrected chi connectivity index (χ3v) is 3.38. The van der Waals surface area contributed by atoms with Crippen molar-refractivity contribution in [3.63, 3.8) is 0 Å². The zero-order valence-electron chi connectivity index (χ0n) is 11.4. The van der Waals surface area contributed by atoms with Crippen LogP contribution in [0.2, 0.25) is 5.02 Å². The highest BCUT2D eigenvalue weighted by Gasteiger charge is 2.17. The molecule has 1 heterocycles. The van der Waals surface area contributed by atoms with Crippen molar-refractivity contribution in [2.45, 2.75) is 26.7 Å². The van der Waals surface area contributed by atoms with Crippen LogP contribution in [0.1, 0.15) is 25.8 Å². The van der Waals surface area contributed by atoms with Crippen molar-refractivity contribution >= 4 is 34.0 Å². The SMILES string of the molecule is CCCc1cc2c(Cl)ccc([N+](=O)[O-])c2nc1NCC. The highest BCUT2D eigenvalue weighted by Crippen LogP contribution is 2.33. The Morgan fingerprint density at radius 3 is 2.75 bits per heavy atom. The maximum absolute atomic E-state index is 11.1. The molecule has 0 unspecified atom stereocenters. The van der Waals surface area contributed by atoms with Crippen molar-refractivity contribution < 1.29 is 4.92 Å². The Morgan fingerprint density at radius 2 is 2.15 bits per heavy atom. The number of halogens is 1. The van der Waals surface area contributed by atoms with Crippen molar-refractivity contribution in [3.05, 3.63) is 38.9 Å². The lowest BCUT2D eigenvalue weighted by molar-refractivity contribution is -0.383. The summed E-state index contributed by atoms with van der Waals surface area (Å²) in [5.74, 6) is 0.701. The number of nitro benzene ring substituents is 1. The van der Waals surface area contributed by atoms with Crippen LogP contribution in [0.4, 0.5) is 11.5 Å². The number of aryl methyl sites for hydroxylation is 1. The second-order valence-corrected chi connectivity index (χ2v) is 4.90. The van der Waals surface area contributed by atoms with Crippen molar-refractivity contribution in [1.82, 2.24) is 4.98 Å². The highest BCUT2D eigenvalue weighted by molar-refractivity contribution is 6.35. The van der Waals surface area contributed by atoms with Crippen LogP contribution in [-0.4, -0.2) is 16.5 Å². The molecule has 106 valence electrons. The molecule has 5 nitrogen and oxygen atoms in total. The molecule has 2 rings (SSSR count). The molecular weight excluding hydrogens is 278 g/mol. The van der Waals surface area contributed by atoms with Crippen LogP contribution in [0.5, 0.6) is 0 Å². The van der Waals surface area contributed by atoms with Gasteiger partial charge in [-0.05, 0) is 31.0 Å². The minimum Gasteiger partial charge on any atom is -0.370 e. The third kappa shape index (κ3) is 2.67. The van der Waals surface area contributed by atoms with E-state index in [4.69, 9.17) is 11.6 Å². The molecule has 1 aromatic heterocycles. The second kappa shape index (κ2) is 6.05. The first-order valence-corrected chi connectivity index (χ1v) is 6.96. The van der Waals surface area contributed by atoms with Gasteiger partial charge in [-0.15, -0.1) is 0 Å². The van der Waals surface area contributed by atoms with Crippen LogP contribution in [0.3, 0.4) is 0 Å². The number of benzene rings is 1. The summed E-state index contributed by atoms with van der Waals surface area (Å²) in [4.78, 5) is 15.1. The fraction of sp³-hybridized carbons (Fsp3) is 0.357. The first kappa shape index (κ1) is 14.5. The van der Waals surface area contributed by atoms with Gasteiger partial charge in [0, 0.05) is 18.0 Å². The predicted molar refractivity (Wildman–Crippen MR) is 81.6 cm³/mol. The molecule has 6 heteroatoms. The van der Waals surface area contributed by atoms with Crippen LogP contribution in [-0.2, 0) is 6.42 Å². The molecule has 20 heavy (non-hydrogen) atoms. The van der Waals surface area contributed by atoms with Crippen LogP contribution in [0.15, 0.2) is 18.2 Å². The summed E-state index contributed by atoms with van der Waals surface area (Å²) in [5, 5.41) is 15.4. The Hall–Kier alpha value is -1.88. The molecule has 0 fully saturated rings. The largest absolute Gasteiger partial charge is 0.370 e. The molecule has 0 atom stereocenters. The van der Waals surface area contributed by atoms with Gasteiger partial charge in [0.1, 0.15) is 5.82 Å². The normalized spacial score (nSPS) is 10.8. The molecule has 0 aliphatic carbocycles. The number of nitrogens with zero attached hydrogens (tertiary/aromatic N) is 2. The van der Waals surface area contributed by atoms with E-state index in [2.05, 4.69) is 17.2 Å². The van der Waals surface area contributed by atoms with Gasteiger partial charge in [0.05, 0.1) is 9.95 Å². The van der Waals surface area contributed by atoms with Crippen LogP contribution in [0.25, 0.3) is 10.9 Å². The average molecular weight is 294 g/mol. The van der Waals surface area contributed by atoms with Crippen molar-refractivity contribution in [2.75, 3.05) is 11.9 Å². The lowest BCUT2D eigenvalue weighted by atomic mass is 10.1. The maximum Gasteiger partial charge on any atom is 0.295 e. The molecule has 0 spiro atoms. The Kier molecular flexibility index (Phi) is 4.39. The second-order valence-electron chi connectivity index (χ2n) is 4.50. The summed E-state index contributed by atoms with van der Waals surface area (Å²) in [5.41, 5.74) is 1.34. The summed E-state index contributed by atoms with van der Waals surface area (Å²) in [6, 6.07) is 4.85. The van der Waals surface area contributed by atoms with Gasteiger partial charge in [0.2, 0.25) is 0 Å². The molecule has 0 amide bonds. The number of pyridine rings is 1. The van der Waals surface area contributed by atoms with E-state index in [0.29, 0.717) is 28.3 Å². The number of anilines is 1. The summed E-state index contributed by atoms with van der Waals surface area (Å²) in [6.07, 6.45) is 1.82. The summed E-state index contributed by atoms with van der Waals surface area (Å²) >= 11 is 6.15. The van der Waals surface area contributed by atoms with Gasteiger partial charge in [-0.2, -0.15) is 0 Å². The van der Waals surface area contributed by atoms with Crippen molar-refractivity contribution in [1.29, 1.82) is 0 Å². The zero-order valence-corrected chi connectivity index (χ0v) is 12.2. The van der Waals surface area contributed by atoms with Gasteiger partial charge < -0.3 is 5.32 Å². The topological polar surface area (TPSA) is 68.1 Å². The van der Waals surface area contributed by atoms with Gasteiger partial charge in [0.15, 0.2) is 5.52 Å². The van der Waals surface area contributed by atoms with Gasteiger partial charge in [-0.3, -0.25) is 10.1 Å². The molecule has 1 aromatic carbocycles. The Balaban J connectivity index is 2.74. The lowest BCUT2D eigenvalue weighted by Gasteiger charge is -2.11. The monoisotopic (exact) mass is 293 g/mol. The van der Waals surface area contributed by atoms with E-state index < -0.39 is 4.92 Å². The van der Waals surface area contributed by atoms with E-state index in [1.54, 1.807) is 6.07 Å². The molecule has 0 saturated heterocycles. The molecule has 0 aliphatic heterocycles. The standard InChI is InChI=1S/C14H16ClN3O2/c1-3-5-9-8-10-11(15)6-7-12(18(19)20)13(10)17-14(9)16-4-2/h6-8H,3-5H2,1-2H3,(H,16,17). The van der Waals surface area contributed by atoms with Gasteiger partial charge in [-0.25, -0.2) is 4.98 Å². The number of nitrogens with one attached hydrogen (secondary N) is 1. The first-order valence-electron chi connectivity index (χ1n) is 6.58. The summed E-state index contributed by atoms with van der Waals surface area (Å²) < 4.78 is 0. The van der Waals surface area contributed by atoms with Crippen molar-refractivity contribution in [3.8, 4) is 0 Å². The van der Waals surface area contributed by atoms with Gasteiger partial charge in [0.25, 0.3) is 5.69 Å². The molecule has 0 radical (unpaired) electrons. The Labute approximate surface area is 122 Å². The van der Waals surface area contributed by atoms with Gasteiger partial charge >= 0.3 is 0 Å². The van der Waals surface area contributed by atoms with E-state index in [1.165, 1.54) is 6.07 Å². The Bertz CT molecular complexity index is 658. The average Bonchev–Trinajstić information content (AvgIpc) is 2.40. The molecule has 1 N–H and O–H groups in total. The van der Waals surface area contributed by atoms with Crippen LogP contribution in [0, 0.1) is 10.1 Å². The number of aromatic nitrogens is 1. The number of non-ortho nitro benzene ring substituents is 1. The highest BCUT2D eigenvalue weighted by atomic mass is 35.5. The molecule has 0 bridgehead atoms. The third-order valence-electron chi connectivity index (χ3n) is 3.05. The number of fused-ring (bicyclic) bond motifs is 1. The minimum atomic E-state index is -0.430. The Morgan fingerprint density at radius 1 is 1.40 bits per heavy atom. The lowest BCUT2D eigenvalue weighted by Crippen LogP contribution is -2.05. The van der Waals surface area contributed by atoms with E-state index in [0.717, 1.165) is 18.4 Å². The van der Waals surface area contributed by atoms with Crippen molar-refractivity contribution in [2.24, 2.45) is 0 Å². The predicted octanol–water partition coefficient (Wildman–Crippen LogP) is 4.18. The van der Waals surface area contributed by atoms with Gasteiger partial charge in [-0.1, -0.05) is 24.9 Å². The van der Waals surface area contributed by atoms with Crippen LogP contribution >= 0.6 is 11.6 Å². The molecule has 2 aromatic rings. The van der Waals surface area contributed by atoms with E-state index >= 15 is 0 Å². The number of hydrogen-bond donors (Lipinski definition) is 1. The van der Waals surface area contributed by atoms with E-state index in [9.17, 15) is 10.1 Å². The zero-order chi connectivity index (χ0) is 14.7. The molecule has 0 saturated carbocycles. The van der Waals surface area contributed by atoms with E-state index in [-0.39, 0.29) is 5.69 Å². The fourth-order valence-corrected chi connectivity index (χ4v) is 2.39. The number of hydrogen-bond acceptors (Lipinski definition) is 4. The minimum absolute atomic E-state index is 0.0217. The fourth-order valence-electron chi connectivity index (χ4n) is 2.18. The molecular formula is C14H16ClN3O2. The molecule has 0 aliphatic rings. The summed E-state index contributed by atoms with van der Waals surface area (Å²) in [7, 11) is 0. The first-order chi connectivity index (χ1) is 9.58. The number of rotatable bonds is 5. The number of nitro groups is 1. The maximum atomic E-state index is 11.1.